The standard InChI is InChI=1S/C17H18N2O2/c1-21-16-11-19(12-16)15-9-7-14(8-10-15)18-17(20)13-5-3-2-4-6-13/h2-10,16H,11-12H2,1H3,(H,18,20). The Bertz CT molecular complexity index is 604. The maximum absolute atomic E-state index is 12.0. The minimum atomic E-state index is -0.0910. The van der Waals surface area contributed by atoms with Gasteiger partial charge in [-0.3, -0.25) is 4.79 Å². The Morgan fingerprint density at radius 1 is 1.10 bits per heavy atom. The Kier molecular flexibility index (Phi) is 3.88. The predicted molar refractivity (Wildman–Crippen MR) is 83.8 cm³/mol. The van der Waals surface area contributed by atoms with Crippen LogP contribution in [0, 0.1) is 0 Å². The summed E-state index contributed by atoms with van der Waals surface area (Å²) >= 11 is 0. The molecule has 1 aliphatic rings. The molecule has 0 saturated carbocycles. The van der Waals surface area contributed by atoms with Gasteiger partial charge >= 0.3 is 0 Å². The van der Waals surface area contributed by atoms with Gasteiger partial charge in [-0.25, -0.2) is 0 Å². The molecular formula is C17H18N2O2. The first-order chi connectivity index (χ1) is 10.3. The third kappa shape index (κ3) is 3.06. The second kappa shape index (κ2) is 5.97. The van der Waals surface area contributed by atoms with Gasteiger partial charge in [-0.1, -0.05) is 18.2 Å². The Labute approximate surface area is 124 Å². The summed E-state index contributed by atoms with van der Waals surface area (Å²) in [5, 5.41) is 2.90. The van der Waals surface area contributed by atoms with Crippen molar-refractivity contribution in [2.45, 2.75) is 6.10 Å². The zero-order valence-electron chi connectivity index (χ0n) is 12.0. The molecule has 0 unspecified atom stereocenters. The monoisotopic (exact) mass is 282 g/mol. The van der Waals surface area contributed by atoms with Crippen LogP contribution in [0.4, 0.5) is 11.4 Å². The molecule has 1 saturated heterocycles. The zero-order valence-corrected chi connectivity index (χ0v) is 12.0. The van der Waals surface area contributed by atoms with E-state index in [1.807, 2.05) is 42.5 Å². The van der Waals surface area contributed by atoms with E-state index in [1.165, 1.54) is 0 Å². The number of methoxy groups -OCH3 is 1. The van der Waals surface area contributed by atoms with Crippen LogP contribution in [0.5, 0.6) is 0 Å². The fourth-order valence-electron chi connectivity index (χ4n) is 2.35. The first kappa shape index (κ1) is 13.6. The molecule has 1 amide bonds. The Hall–Kier alpha value is -2.33. The van der Waals surface area contributed by atoms with E-state index in [4.69, 9.17) is 4.74 Å². The van der Waals surface area contributed by atoms with E-state index in [2.05, 4.69) is 10.2 Å². The maximum atomic E-state index is 12.0. The molecule has 1 aliphatic heterocycles. The molecule has 4 nitrogen and oxygen atoms in total. The summed E-state index contributed by atoms with van der Waals surface area (Å²) in [7, 11) is 1.74. The van der Waals surface area contributed by atoms with Crippen molar-refractivity contribution in [3.8, 4) is 0 Å². The van der Waals surface area contributed by atoms with Crippen molar-refractivity contribution < 1.29 is 9.53 Å². The van der Waals surface area contributed by atoms with E-state index in [0.717, 1.165) is 24.5 Å². The highest BCUT2D eigenvalue weighted by atomic mass is 16.5. The van der Waals surface area contributed by atoms with Crippen LogP contribution in [0.1, 0.15) is 10.4 Å². The van der Waals surface area contributed by atoms with Gasteiger partial charge in [-0.15, -0.1) is 0 Å². The second-order valence-electron chi connectivity index (χ2n) is 5.13. The van der Waals surface area contributed by atoms with Crippen LogP contribution in [-0.2, 0) is 4.74 Å². The van der Waals surface area contributed by atoms with Gasteiger partial charge in [0.15, 0.2) is 0 Å². The summed E-state index contributed by atoms with van der Waals surface area (Å²) in [4.78, 5) is 14.3. The summed E-state index contributed by atoms with van der Waals surface area (Å²) in [6, 6.07) is 17.1. The molecule has 0 bridgehead atoms. The molecule has 0 aromatic heterocycles. The van der Waals surface area contributed by atoms with Crippen molar-refractivity contribution in [3.63, 3.8) is 0 Å². The summed E-state index contributed by atoms with van der Waals surface area (Å²) < 4.78 is 5.26. The number of anilines is 2. The molecule has 4 heteroatoms. The number of hydrogen-bond acceptors (Lipinski definition) is 3. The average molecular weight is 282 g/mol. The predicted octanol–water partition coefficient (Wildman–Crippen LogP) is 2.77. The number of benzene rings is 2. The lowest BCUT2D eigenvalue weighted by Crippen LogP contribution is -2.51. The molecule has 21 heavy (non-hydrogen) atoms. The highest BCUT2D eigenvalue weighted by molar-refractivity contribution is 6.04. The topological polar surface area (TPSA) is 41.6 Å². The Morgan fingerprint density at radius 3 is 2.38 bits per heavy atom. The normalized spacial score (nSPS) is 14.6. The first-order valence-corrected chi connectivity index (χ1v) is 7.00. The van der Waals surface area contributed by atoms with Gasteiger partial charge in [0, 0.05) is 37.1 Å². The van der Waals surface area contributed by atoms with Crippen molar-refractivity contribution in [3.05, 3.63) is 60.2 Å². The molecular weight excluding hydrogens is 264 g/mol. The fourth-order valence-corrected chi connectivity index (χ4v) is 2.35. The summed E-state index contributed by atoms with van der Waals surface area (Å²) in [6.07, 6.45) is 0.336. The lowest BCUT2D eigenvalue weighted by molar-refractivity contribution is 0.0788. The number of ether oxygens (including phenoxy) is 1. The highest BCUT2D eigenvalue weighted by Crippen LogP contribution is 2.24. The minimum Gasteiger partial charge on any atom is -0.378 e. The molecule has 1 fully saturated rings. The third-order valence-corrected chi connectivity index (χ3v) is 3.71. The van der Waals surface area contributed by atoms with Crippen LogP contribution < -0.4 is 10.2 Å². The lowest BCUT2D eigenvalue weighted by atomic mass is 10.1. The maximum Gasteiger partial charge on any atom is 0.255 e. The summed E-state index contributed by atoms with van der Waals surface area (Å²) in [6.45, 7) is 1.85. The lowest BCUT2D eigenvalue weighted by Gasteiger charge is -2.40. The molecule has 1 heterocycles. The molecule has 3 rings (SSSR count). The molecule has 2 aromatic carbocycles. The second-order valence-corrected chi connectivity index (χ2v) is 5.13. The fraction of sp³-hybridized carbons (Fsp3) is 0.235. The quantitative estimate of drug-likeness (QED) is 0.937. The van der Waals surface area contributed by atoms with E-state index in [0.29, 0.717) is 11.7 Å². The SMILES string of the molecule is COC1CN(c2ccc(NC(=O)c3ccccc3)cc2)C1. The largest absolute Gasteiger partial charge is 0.378 e. The van der Waals surface area contributed by atoms with Crippen LogP contribution in [0.2, 0.25) is 0 Å². The van der Waals surface area contributed by atoms with Crippen molar-refractivity contribution in [1.29, 1.82) is 0 Å². The average Bonchev–Trinajstić information content (AvgIpc) is 2.49. The van der Waals surface area contributed by atoms with Crippen molar-refractivity contribution >= 4 is 17.3 Å². The molecule has 108 valence electrons. The van der Waals surface area contributed by atoms with E-state index in [9.17, 15) is 4.79 Å². The van der Waals surface area contributed by atoms with Crippen LogP contribution >= 0.6 is 0 Å². The van der Waals surface area contributed by atoms with Gasteiger partial charge in [0.1, 0.15) is 0 Å². The minimum absolute atomic E-state index is 0.0910. The third-order valence-electron chi connectivity index (χ3n) is 3.71. The summed E-state index contributed by atoms with van der Waals surface area (Å²) in [5.41, 5.74) is 2.62. The van der Waals surface area contributed by atoms with Crippen molar-refractivity contribution in [2.24, 2.45) is 0 Å². The van der Waals surface area contributed by atoms with Gasteiger partial charge < -0.3 is 15.0 Å². The molecule has 2 aromatic rings. The van der Waals surface area contributed by atoms with Gasteiger partial charge in [-0.2, -0.15) is 0 Å². The number of nitrogens with zero attached hydrogens (tertiary/aromatic N) is 1. The summed E-state index contributed by atoms with van der Waals surface area (Å²) in [5.74, 6) is -0.0910. The van der Waals surface area contributed by atoms with Crippen LogP contribution in [-0.4, -0.2) is 32.2 Å². The van der Waals surface area contributed by atoms with Crippen molar-refractivity contribution in [2.75, 3.05) is 30.4 Å². The number of rotatable bonds is 4. The molecule has 1 N–H and O–H groups in total. The van der Waals surface area contributed by atoms with Crippen LogP contribution in [0.15, 0.2) is 54.6 Å². The Balaban J connectivity index is 1.61. The first-order valence-electron chi connectivity index (χ1n) is 7.00. The van der Waals surface area contributed by atoms with Gasteiger partial charge in [-0.05, 0) is 36.4 Å². The van der Waals surface area contributed by atoms with E-state index < -0.39 is 0 Å². The number of hydrogen-bond donors (Lipinski definition) is 1. The molecule has 0 aliphatic carbocycles. The van der Waals surface area contributed by atoms with E-state index in [-0.39, 0.29) is 5.91 Å². The number of carbonyl (C=O) groups excluding carboxylic acids is 1. The Morgan fingerprint density at radius 2 is 1.76 bits per heavy atom. The van der Waals surface area contributed by atoms with Crippen molar-refractivity contribution in [1.82, 2.24) is 0 Å². The van der Waals surface area contributed by atoms with Gasteiger partial charge in [0.25, 0.3) is 5.91 Å². The molecule has 0 atom stereocenters. The molecule has 0 radical (unpaired) electrons. The van der Waals surface area contributed by atoms with E-state index >= 15 is 0 Å². The number of carbonyl (C=O) groups is 1. The van der Waals surface area contributed by atoms with Crippen LogP contribution in [0.3, 0.4) is 0 Å². The smallest absolute Gasteiger partial charge is 0.255 e. The van der Waals surface area contributed by atoms with E-state index in [1.54, 1.807) is 19.2 Å². The number of nitrogens with one attached hydrogen (secondary N) is 1. The van der Waals surface area contributed by atoms with Gasteiger partial charge in [0.2, 0.25) is 0 Å². The van der Waals surface area contributed by atoms with Gasteiger partial charge in [0.05, 0.1) is 6.10 Å². The highest BCUT2D eigenvalue weighted by Gasteiger charge is 2.26. The molecule has 0 spiro atoms. The van der Waals surface area contributed by atoms with Crippen LogP contribution in [0.25, 0.3) is 0 Å². The zero-order chi connectivity index (χ0) is 14.7. The number of amides is 1.